The minimum atomic E-state index is -3.75. The van der Waals surface area contributed by atoms with E-state index in [2.05, 4.69) is 0 Å². The summed E-state index contributed by atoms with van der Waals surface area (Å²) in [6.45, 7) is 4.30. The molecule has 0 saturated carbocycles. The number of hydrogen-bond donors (Lipinski definition) is 1. The molecule has 0 bridgehead atoms. The van der Waals surface area contributed by atoms with Gasteiger partial charge >= 0.3 is 0 Å². The molecule has 0 aliphatic carbocycles. The molecule has 4 nitrogen and oxygen atoms in total. The maximum atomic E-state index is 12.8. The highest BCUT2D eigenvalue weighted by atomic mass is 35.5. The molecule has 1 aliphatic rings. The van der Waals surface area contributed by atoms with Gasteiger partial charge in [0.05, 0.1) is 16.4 Å². The lowest BCUT2D eigenvalue weighted by Crippen LogP contribution is -2.40. The molecular formula is C13H17ClO4S. The summed E-state index contributed by atoms with van der Waals surface area (Å²) in [5.74, 6) is -0.410. The summed E-state index contributed by atoms with van der Waals surface area (Å²) in [5.41, 5.74) is 0. The van der Waals surface area contributed by atoms with Gasteiger partial charge in [-0.05, 0) is 32.4 Å². The summed E-state index contributed by atoms with van der Waals surface area (Å²) >= 11 is 5.96. The molecule has 1 aromatic rings. The largest absolute Gasteiger partial charge is 0.507 e. The Morgan fingerprint density at radius 3 is 2.63 bits per heavy atom. The smallest absolute Gasteiger partial charge is 0.189 e. The van der Waals surface area contributed by atoms with E-state index >= 15 is 0 Å². The van der Waals surface area contributed by atoms with Crippen molar-refractivity contribution in [2.45, 2.75) is 29.9 Å². The normalized spacial score (nSPS) is 20.7. The standard InChI is InChI=1S/C13H17ClO4S/c1-13(2,9-6-7-18-8-9)19(16,17)12-10(14)4-3-5-11(12)15/h3-5,9,15H,6-8H2,1-2H3. The second kappa shape index (κ2) is 4.96. The Kier molecular flexibility index (Phi) is 3.82. The zero-order valence-corrected chi connectivity index (χ0v) is 12.5. The quantitative estimate of drug-likeness (QED) is 0.932. The third-order valence-electron chi connectivity index (χ3n) is 3.82. The maximum absolute atomic E-state index is 12.8. The van der Waals surface area contributed by atoms with Gasteiger partial charge in [-0.15, -0.1) is 0 Å². The van der Waals surface area contributed by atoms with Crippen LogP contribution in [-0.2, 0) is 14.6 Å². The Labute approximate surface area is 118 Å². The lowest BCUT2D eigenvalue weighted by atomic mass is 9.94. The highest BCUT2D eigenvalue weighted by Gasteiger charge is 2.46. The van der Waals surface area contributed by atoms with Crippen molar-refractivity contribution in [1.29, 1.82) is 0 Å². The van der Waals surface area contributed by atoms with E-state index in [0.29, 0.717) is 19.6 Å². The molecule has 0 aromatic heterocycles. The summed E-state index contributed by atoms with van der Waals surface area (Å²) in [6.07, 6.45) is 0.692. The molecule has 19 heavy (non-hydrogen) atoms. The molecule has 1 saturated heterocycles. The van der Waals surface area contributed by atoms with Gasteiger partial charge in [-0.25, -0.2) is 8.42 Å². The van der Waals surface area contributed by atoms with Crippen molar-refractivity contribution in [2.75, 3.05) is 13.2 Å². The number of hydrogen-bond acceptors (Lipinski definition) is 4. The number of ether oxygens (including phenoxy) is 1. The SMILES string of the molecule is CC(C)(C1CCOC1)S(=O)(=O)c1c(O)cccc1Cl. The van der Waals surface area contributed by atoms with Crippen molar-refractivity contribution in [1.82, 2.24) is 0 Å². The van der Waals surface area contributed by atoms with Gasteiger partial charge in [0, 0.05) is 12.5 Å². The Balaban J connectivity index is 2.53. The van der Waals surface area contributed by atoms with Gasteiger partial charge in [-0.2, -0.15) is 0 Å². The van der Waals surface area contributed by atoms with Gasteiger partial charge in [0.1, 0.15) is 10.6 Å². The van der Waals surface area contributed by atoms with Crippen LogP contribution in [-0.4, -0.2) is 31.5 Å². The molecule has 2 rings (SSSR count). The third-order valence-corrected chi connectivity index (χ3v) is 6.93. The highest BCUT2D eigenvalue weighted by molar-refractivity contribution is 7.93. The van der Waals surface area contributed by atoms with E-state index in [4.69, 9.17) is 16.3 Å². The predicted octanol–water partition coefficient (Wildman–Crippen LogP) is 2.63. The van der Waals surface area contributed by atoms with E-state index in [1.807, 2.05) is 0 Å². The number of rotatable bonds is 3. The molecule has 1 aliphatic heterocycles. The number of aromatic hydroxyl groups is 1. The van der Waals surface area contributed by atoms with Gasteiger partial charge in [0.25, 0.3) is 0 Å². The molecule has 106 valence electrons. The molecule has 1 heterocycles. The number of phenols is 1. The first-order valence-corrected chi connectivity index (χ1v) is 7.94. The van der Waals surface area contributed by atoms with E-state index in [-0.39, 0.29) is 21.6 Å². The van der Waals surface area contributed by atoms with Crippen molar-refractivity contribution in [3.8, 4) is 5.75 Å². The number of halogens is 1. The minimum Gasteiger partial charge on any atom is -0.507 e. The number of benzene rings is 1. The first-order chi connectivity index (χ1) is 8.78. The van der Waals surface area contributed by atoms with Crippen LogP contribution in [0.5, 0.6) is 5.75 Å². The second-order valence-electron chi connectivity index (χ2n) is 5.26. The van der Waals surface area contributed by atoms with Crippen LogP contribution in [0.15, 0.2) is 23.1 Å². The van der Waals surface area contributed by atoms with Crippen LogP contribution >= 0.6 is 11.6 Å². The molecule has 6 heteroatoms. The molecule has 1 fully saturated rings. The van der Waals surface area contributed by atoms with Gasteiger partial charge in [-0.3, -0.25) is 0 Å². The van der Waals surface area contributed by atoms with E-state index in [9.17, 15) is 13.5 Å². The average molecular weight is 305 g/mol. The third kappa shape index (κ3) is 2.35. The Hall–Kier alpha value is -0.780. The van der Waals surface area contributed by atoms with Crippen LogP contribution in [0.1, 0.15) is 20.3 Å². The summed E-state index contributed by atoms with van der Waals surface area (Å²) in [5, 5.41) is 9.89. The molecule has 1 atom stereocenters. The van der Waals surface area contributed by atoms with Crippen LogP contribution in [0.3, 0.4) is 0 Å². The van der Waals surface area contributed by atoms with E-state index in [1.165, 1.54) is 18.2 Å². The fraction of sp³-hybridized carbons (Fsp3) is 0.538. The molecular weight excluding hydrogens is 288 g/mol. The van der Waals surface area contributed by atoms with Crippen LogP contribution in [0.4, 0.5) is 0 Å². The monoisotopic (exact) mass is 304 g/mol. The molecule has 1 aromatic carbocycles. The zero-order valence-electron chi connectivity index (χ0n) is 10.9. The number of sulfone groups is 1. The lowest BCUT2D eigenvalue weighted by Gasteiger charge is -2.30. The van der Waals surface area contributed by atoms with Crippen LogP contribution in [0, 0.1) is 5.92 Å². The first kappa shape index (κ1) is 14.6. The second-order valence-corrected chi connectivity index (χ2v) is 8.13. The minimum absolute atomic E-state index is 0.0481. The van der Waals surface area contributed by atoms with Crippen molar-refractivity contribution >= 4 is 21.4 Å². The fourth-order valence-corrected chi connectivity index (χ4v) is 4.62. The van der Waals surface area contributed by atoms with Crippen LogP contribution in [0.2, 0.25) is 5.02 Å². The molecule has 0 radical (unpaired) electrons. The summed E-state index contributed by atoms with van der Waals surface area (Å²) < 4.78 is 29.8. The van der Waals surface area contributed by atoms with E-state index < -0.39 is 14.6 Å². The van der Waals surface area contributed by atoms with Gasteiger partial charge < -0.3 is 9.84 Å². The average Bonchev–Trinajstić information content (AvgIpc) is 2.81. The fourth-order valence-electron chi connectivity index (χ4n) is 2.33. The van der Waals surface area contributed by atoms with Crippen molar-refractivity contribution in [3.63, 3.8) is 0 Å². The maximum Gasteiger partial charge on any atom is 0.189 e. The van der Waals surface area contributed by atoms with Gasteiger partial charge in [0.15, 0.2) is 9.84 Å². The molecule has 0 amide bonds. The summed E-state index contributed by atoms with van der Waals surface area (Å²) in [7, 11) is -3.75. The van der Waals surface area contributed by atoms with Crippen molar-refractivity contribution in [3.05, 3.63) is 23.2 Å². The summed E-state index contributed by atoms with van der Waals surface area (Å²) in [4.78, 5) is -0.187. The lowest BCUT2D eigenvalue weighted by molar-refractivity contribution is 0.179. The molecule has 1 unspecified atom stereocenters. The summed E-state index contributed by atoms with van der Waals surface area (Å²) in [6, 6.07) is 4.32. The predicted molar refractivity (Wildman–Crippen MR) is 73.3 cm³/mol. The first-order valence-electron chi connectivity index (χ1n) is 6.08. The molecule has 1 N–H and O–H groups in total. The van der Waals surface area contributed by atoms with E-state index in [0.717, 1.165) is 0 Å². The Morgan fingerprint density at radius 1 is 1.42 bits per heavy atom. The zero-order chi connectivity index (χ0) is 14.3. The Morgan fingerprint density at radius 2 is 2.11 bits per heavy atom. The van der Waals surface area contributed by atoms with Crippen molar-refractivity contribution < 1.29 is 18.3 Å². The van der Waals surface area contributed by atoms with Gasteiger partial charge in [0.2, 0.25) is 0 Å². The Bertz CT molecular complexity index is 554. The van der Waals surface area contributed by atoms with E-state index in [1.54, 1.807) is 13.8 Å². The number of phenolic OH excluding ortho intramolecular Hbond substituents is 1. The van der Waals surface area contributed by atoms with Crippen LogP contribution < -0.4 is 0 Å². The highest BCUT2D eigenvalue weighted by Crippen LogP contribution is 2.41. The van der Waals surface area contributed by atoms with Crippen LogP contribution in [0.25, 0.3) is 0 Å². The van der Waals surface area contributed by atoms with Gasteiger partial charge in [-0.1, -0.05) is 17.7 Å². The topological polar surface area (TPSA) is 63.6 Å². The van der Waals surface area contributed by atoms with Crippen molar-refractivity contribution in [2.24, 2.45) is 5.92 Å². The molecule has 0 spiro atoms.